The number of nitrogens with two attached hydrogens (primary N) is 1. The van der Waals surface area contributed by atoms with Gasteiger partial charge >= 0.3 is 0 Å². The molecule has 0 aromatic carbocycles. The van der Waals surface area contributed by atoms with E-state index >= 15 is 0 Å². The molecule has 0 aliphatic carbocycles. The number of hydrogen-bond acceptors (Lipinski definition) is 3. The number of carbonyl (C=O) groups excluding carboxylic acids is 1. The molecule has 0 aliphatic heterocycles. The maximum Gasteiger partial charge on any atom is 0.236 e. The highest BCUT2D eigenvalue weighted by Crippen LogP contribution is 1.89. The summed E-state index contributed by atoms with van der Waals surface area (Å²) in [7, 11) is 3.42. The van der Waals surface area contributed by atoms with Gasteiger partial charge in [-0.15, -0.1) is 0 Å². The molecule has 4 nitrogen and oxygen atoms in total. The molecule has 0 unspecified atom stereocenters. The normalized spacial score (nSPS) is 9.50. The summed E-state index contributed by atoms with van der Waals surface area (Å²) in [5.74, 6) is 5.16. The fraction of sp³-hybridized carbons (Fsp3) is 0.833. The van der Waals surface area contributed by atoms with Crippen LogP contribution in [0.3, 0.4) is 0 Å². The van der Waals surface area contributed by atoms with Crippen molar-refractivity contribution in [2.75, 3.05) is 20.6 Å². The Kier molecular flexibility index (Phi) is 4.88. The number of amides is 1. The van der Waals surface area contributed by atoms with E-state index in [2.05, 4.69) is 5.32 Å². The van der Waals surface area contributed by atoms with E-state index in [1.165, 1.54) is 0 Å². The van der Waals surface area contributed by atoms with Crippen molar-refractivity contribution in [3.8, 4) is 0 Å². The Balaban J connectivity index is 3.22. The van der Waals surface area contributed by atoms with Crippen LogP contribution in [-0.2, 0) is 4.79 Å². The van der Waals surface area contributed by atoms with Crippen molar-refractivity contribution in [1.82, 2.24) is 10.3 Å². The smallest absolute Gasteiger partial charge is 0.236 e. The van der Waals surface area contributed by atoms with Gasteiger partial charge in [0.25, 0.3) is 0 Å². The summed E-state index contributed by atoms with van der Waals surface area (Å²) in [5.41, 5.74) is 0. The van der Waals surface area contributed by atoms with Crippen molar-refractivity contribution in [1.29, 1.82) is 0 Å². The standard InChI is InChI=1S/C6H15N3O/c1-8-5-3-4-6(10)9(2)7/h8H,3-5,7H2,1-2H3. The third-order valence-electron chi connectivity index (χ3n) is 1.21. The van der Waals surface area contributed by atoms with Gasteiger partial charge in [0.1, 0.15) is 0 Å². The van der Waals surface area contributed by atoms with Crippen molar-refractivity contribution < 1.29 is 4.79 Å². The second-order valence-electron chi connectivity index (χ2n) is 2.21. The first-order valence-electron chi connectivity index (χ1n) is 3.34. The monoisotopic (exact) mass is 145 g/mol. The fourth-order valence-corrected chi connectivity index (χ4v) is 0.593. The van der Waals surface area contributed by atoms with Gasteiger partial charge < -0.3 is 5.32 Å². The van der Waals surface area contributed by atoms with Crippen LogP contribution in [0.4, 0.5) is 0 Å². The Morgan fingerprint density at radius 1 is 1.70 bits per heavy atom. The molecule has 0 spiro atoms. The predicted molar refractivity (Wildman–Crippen MR) is 40.1 cm³/mol. The first-order valence-corrected chi connectivity index (χ1v) is 3.34. The number of rotatable bonds is 4. The molecule has 10 heavy (non-hydrogen) atoms. The molecule has 0 bridgehead atoms. The van der Waals surface area contributed by atoms with Crippen LogP contribution in [0.15, 0.2) is 0 Å². The summed E-state index contributed by atoms with van der Waals surface area (Å²) < 4.78 is 0. The molecule has 1 amide bonds. The lowest BCUT2D eigenvalue weighted by molar-refractivity contribution is -0.130. The van der Waals surface area contributed by atoms with E-state index in [1.807, 2.05) is 7.05 Å². The molecule has 4 heteroatoms. The predicted octanol–water partition coefficient (Wildman–Crippen LogP) is -0.682. The van der Waals surface area contributed by atoms with Crippen LogP contribution in [0, 0.1) is 0 Å². The summed E-state index contributed by atoms with van der Waals surface area (Å²) >= 11 is 0. The zero-order valence-corrected chi connectivity index (χ0v) is 6.55. The van der Waals surface area contributed by atoms with Gasteiger partial charge in [-0.3, -0.25) is 9.80 Å². The Morgan fingerprint density at radius 3 is 2.70 bits per heavy atom. The SMILES string of the molecule is CNCCCC(=O)N(C)N. The van der Waals surface area contributed by atoms with Gasteiger partial charge in [0.2, 0.25) is 5.91 Å². The average Bonchev–Trinajstić information content (AvgIpc) is 1.88. The maximum atomic E-state index is 10.8. The summed E-state index contributed by atoms with van der Waals surface area (Å²) in [6, 6.07) is 0. The number of hydrogen-bond donors (Lipinski definition) is 2. The molecule has 0 aromatic heterocycles. The molecule has 0 radical (unpaired) electrons. The number of hydrazine groups is 1. The van der Waals surface area contributed by atoms with Crippen LogP contribution in [0.25, 0.3) is 0 Å². The molecule has 0 rings (SSSR count). The molecule has 0 atom stereocenters. The molecule has 0 saturated carbocycles. The minimum Gasteiger partial charge on any atom is -0.320 e. The van der Waals surface area contributed by atoms with Crippen LogP contribution in [0.1, 0.15) is 12.8 Å². The number of carbonyl (C=O) groups is 1. The number of nitrogens with one attached hydrogen (secondary N) is 1. The summed E-state index contributed by atoms with van der Waals surface area (Å²) in [6.45, 7) is 0.861. The zero-order valence-electron chi connectivity index (χ0n) is 6.55. The summed E-state index contributed by atoms with van der Waals surface area (Å²) in [6.07, 6.45) is 1.37. The van der Waals surface area contributed by atoms with Crippen molar-refractivity contribution >= 4 is 5.91 Å². The van der Waals surface area contributed by atoms with Crippen LogP contribution in [0.5, 0.6) is 0 Å². The molecule has 0 aromatic rings. The third-order valence-corrected chi connectivity index (χ3v) is 1.21. The molecular weight excluding hydrogens is 130 g/mol. The lowest BCUT2D eigenvalue weighted by atomic mass is 10.3. The topological polar surface area (TPSA) is 58.4 Å². The molecule has 3 N–H and O–H groups in total. The number of nitrogens with zero attached hydrogens (tertiary/aromatic N) is 1. The lowest BCUT2D eigenvalue weighted by Crippen LogP contribution is -2.33. The van der Waals surface area contributed by atoms with Gasteiger partial charge in [0, 0.05) is 13.5 Å². The van der Waals surface area contributed by atoms with Gasteiger partial charge in [-0.1, -0.05) is 0 Å². The van der Waals surface area contributed by atoms with E-state index in [0.29, 0.717) is 6.42 Å². The minimum absolute atomic E-state index is 0.0183. The first-order chi connectivity index (χ1) is 4.68. The first kappa shape index (κ1) is 9.39. The Hall–Kier alpha value is -0.610. The average molecular weight is 145 g/mol. The minimum atomic E-state index is -0.0183. The third kappa shape index (κ3) is 4.29. The highest BCUT2D eigenvalue weighted by atomic mass is 16.2. The van der Waals surface area contributed by atoms with Crippen molar-refractivity contribution in [3.05, 3.63) is 0 Å². The van der Waals surface area contributed by atoms with Crippen molar-refractivity contribution in [2.45, 2.75) is 12.8 Å². The van der Waals surface area contributed by atoms with Gasteiger partial charge in [0.15, 0.2) is 0 Å². The maximum absolute atomic E-state index is 10.8. The lowest BCUT2D eigenvalue weighted by Gasteiger charge is -2.08. The molecule has 0 heterocycles. The Labute approximate surface area is 61.3 Å². The highest BCUT2D eigenvalue weighted by molar-refractivity contribution is 5.75. The van der Waals surface area contributed by atoms with Crippen LogP contribution in [-0.4, -0.2) is 31.6 Å². The molecule has 0 saturated heterocycles. The zero-order chi connectivity index (χ0) is 7.98. The van der Waals surface area contributed by atoms with Crippen LogP contribution in [0.2, 0.25) is 0 Å². The second-order valence-corrected chi connectivity index (χ2v) is 2.21. The van der Waals surface area contributed by atoms with Crippen LogP contribution < -0.4 is 11.2 Å². The van der Waals surface area contributed by atoms with E-state index < -0.39 is 0 Å². The summed E-state index contributed by atoms with van der Waals surface area (Å²) in [4.78, 5) is 10.8. The van der Waals surface area contributed by atoms with Gasteiger partial charge in [-0.05, 0) is 20.0 Å². The Morgan fingerprint density at radius 2 is 2.30 bits per heavy atom. The van der Waals surface area contributed by atoms with Crippen LogP contribution >= 0.6 is 0 Å². The van der Waals surface area contributed by atoms with E-state index in [4.69, 9.17) is 5.84 Å². The van der Waals surface area contributed by atoms with Crippen molar-refractivity contribution in [2.24, 2.45) is 5.84 Å². The van der Waals surface area contributed by atoms with E-state index in [0.717, 1.165) is 18.0 Å². The van der Waals surface area contributed by atoms with Gasteiger partial charge in [0.05, 0.1) is 0 Å². The fourth-order valence-electron chi connectivity index (χ4n) is 0.593. The molecule has 60 valence electrons. The molecular formula is C6H15N3O. The highest BCUT2D eigenvalue weighted by Gasteiger charge is 2.01. The van der Waals surface area contributed by atoms with E-state index in [1.54, 1.807) is 7.05 Å². The second kappa shape index (κ2) is 5.20. The Bertz CT molecular complexity index is 103. The quantitative estimate of drug-likeness (QED) is 0.238. The summed E-state index contributed by atoms with van der Waals surface area (Å²) in [5, 5.41) is 4.07. The molecule has 0 fully saturated rings. The van der Waals surface area contributed by atoms with Gasteiger partial charge in [-0.2, -0.15) is 0 Å². The van der Waals surface area contributed by atoms with Gasteiger partial charge in [-0.25, -0.2) is 5.84 Å². The molecule has 0 aliphatic rings. The largest absolute Gasteiger partial charge is 0.320 e. The van der Waals surface area contributed by atoms with E-state index in [-0.39, 0.29) is 5.91 Å². The van der Waals surface area contributed by atoms with E-state index in [9.17, 15) is 4.79 Å². The van der Waals surface area contributed by atoms with Crippen molar-refractivity contribution in [3.63, 3.8) is 0 Å².